The van der Waals surface area contributed by atoms with Crippen LogP contribution >= 0.6 is 15.9 Å². The lowest BCUT2D eigenvalue weighted by atomic mass is 10.0. The van der Waals surface area contributed by atoms with E-state index >= 15 is 0 Å². The third kappa shape index (κ3) is 2.71. The standard InChI is InChI=1S/C16H15BrFN3/c1-21-15-5-3-2-4-12(15)16(20-21)14(19)8-10-6-7-11(18)9-13(10)17/h2-7,9,14H,8,19H2,1H3. The number of halogens is 2. The SMILES string of the molecule is Cn1nc(C(N)Cc2ccc(F)cc2Br)c2ccccc21. The lowest BCUT2D eigenvalue weighted by Crippen LogP contribution is -2.15. The van der Waals surface area contributed by atoms with Crippen LogP contribution in [0, 0.1) is 5.82 Å². The topological polar surface area (TPSA) is 43.8 Å². The van der Waals surface area contributed by atoms with Gasteiger partial charge >= 0.3 is 0 Å². The Hall–Kier alpha value is -1.72. The van der Waals surface area contributed by atoms with E-state index in [4.69, 9.17) is 5.73 Å². The maximum atomic E-state index is 13.1. The van der Waals surface area contributed by atoms with E-state index in [-0.39, 0.29) is 11.9 Å². The van der Waals surface area contributed by atoms with Crippen LogP contribution in [-0.2, 0) is 13.5 Å². The second-order valence-corrected chi connectivity index (χ2v) is 5.93. The van der Waals surface area contributed by atoms with Gasteiger partial charge in [-0.15, -0.1) is 0 Å². The summed E-state index contributed by atoms with van der Waals surface area (Å²) in [6, 6.07) is 12.4. The second kappa shape index (κ2) is 5.58. The summed E-state index contributed by atoms with van der Waals surface area (Å²) in [6.45, 7) is 0. The molecule has 2 N–H and O–H groups in total. The predicted molar refractivity (Wildman–Crippen MR) is 85.4 cm³/mol. The third-order valence-corrected chi connectivity index (χ3v) is 4.33. The highest BCUT2D eigenvalue weighted by molar-refractivity contribution is 9.10. The van der Waals surface area contributed by atoms with Gasteiger partial charge in [-0.2, -0.15) is 5.10 Å². The lowest BCUT2D eigenvalue weighted by molar-refractivity contribution is 0.623. The van der Waals surface area contributed by atoms with Crippen LogP contribution in [0.1, 0.15) is 17.3 Å². The van der Waals surface area contributed by atoms with Crippen LogP contribution in [0.3, 0.4) is 0 Å². The summed E-state index contributed by atoms with van der Waals surface area (Å²) in [6.07, 6.45) is 0.599. The van der Waals surface area contributed by atoms with E-state index in [9.17, 15) is 4.39 Å². The molecule has 0 bridgehead atoms. The summed E-state index contributed by atoms with van der Waals surface area (Å²) >= 11 is 3.38. The summed E-state index contributed by atoms with van der Waals surface area (Å²) in [4.78, 5) is 0. The van der Waals surface area contributed by atoms with Gasteiger partial charge in [0.15, 0.2) is 0 Å². The van der Waals surface area contributed by atoms with Gasteiger partial charge in [0.1, 0.15) is 5.82 Å². The van der Waals surface area contributed by atoms with Crippen LogP contribution < -0.4 is 5.73 Å². The molecule has 0 radical (unpaired) electrons. The van der Waals surface area contributed by atoms with E-state index in [1.807, 2.05) is 36.0 Å². The van der Waals surface area contributed by atoms with Gasteiger partial charge in [-0.3, -0.25) is 4.68 Å². The maximum Gasteiger partial charge on any atom is 0.124 e. The molecule has 0 spiro atoms. The molecule has 3 nitrogen and oxygen atoms in total. The molecule has 0 amide bonds. The van der Waals surface area contributed by atoms with E-state index < -0.39 is 0 Å². The Kier molecular flexibility index (Phi) is 3.78. The zero-order valence-electron chi connectivity index (χ0n) is 11.6. The van der Waals surface area contributed by atoms with Gasteiger partial charge < -0.3 is 5.73 Å². The molecule has 2 aromatic carbocycles. The van der Waals surface area contributed by atoms with E-state index in [2.05, 4.69) is 21.0 Å². The molecule has 1 heterocycles. The number of aromatic nitrogens is 2. The molecular formula is C16H15BrFN3. The van der Waals surface area contributed by atoms with Crippen LogP contribution in [0.5, 0.6) is 0 Å². The Morgan fingerprint density at radius 1 is 1.29 bits per heavy atom. The number of hydrogen-bond acceptors (Lipinski definition) is 2. The van der Waals surface area contributed by atoms with Crippen molar-refractivity contribution in [2.75, 3.05) is 0 Å². The van der Waals surface area contributed by atoms with Crippen molar-refractivity contribution in [2.24, 2.45) is 12.8 Å². The second-order valence-electron chi connectivity index (χ2n) is 5.07. The third-order valence-electron chi connectivity index (χ3n) is 3.59. The Balaban J connectivity index is 1.95. The van der Waals surface area contributed by atoms with E-state index in [1.54, 1.807) is 6.07 Å². The van der Waals surface area contributed by atoms with Crippen molar-refractivity contribution < 1.29 is 4.39 Å². The highest BCUT2D eigenvalue weighted by atomic mass is 79.9. The van der Waals surface area contributed by atoms with Crippen molar-refractivity contribution in [1.82, 2.24) is 9.78 Å². The van der Waals surface area contributed by atoms with Gasteiger partial charge in [0.25, 0.3) is 0 Å². The molecule has 0 aliphatic rings. The van der Waals surface area contributed by atoms with Crippen molar-refractivity contribution in [3.8, 4) is 0 Å². The maximum absolute atomic E-state index is 13.1. The van der Waals surface area contributed by atoms with Crippen LogP contribution in [-0.4, -0.2) is 9.78 Å². The van der Waals surface area contributed by atoms with E-state index in [1.165, 1.54) is 12.1 Å². The minimum absolute atomic E-state index is 0.238. The fourth-order valence-corrected chi connectivity index (χ4v) is 3.05. The van der Waals surface area contributed by atoms with Crippen molar-refractivity contribution in [2.45, 2.75) is 12.5 Å². The molecule has 3 rings (SSSR count). The van der Waals surface area contributed by atoms with Gasteiger partial charge in [0, 0.05) is 16.9 Å². The first-order valence-corrected chi connectivity index (χ1v) is 7.46. The predicted octanol–water partition coefficient (Wildman–Crippen LogP) is 3.72. The summed E-state index contributed by atoms with van der Waals surface area (Å²) in [7, 11) is 1.91. The summed E-state index contributed by atoms with van der Waals surface area (Å²) < 4.78 is 15.7. The van der Waals surface area contributed by atoms with Gasteiger partial charge in [-0.25, -0.2) is 4.39 Å². The molecule has 21 heavy (non-hydrogen) atoms. The molecule has 0 fully saturated rings. The largest absolute Gasteiger partial charge is 0.322 e. The van der Waals surface area contributed by atoms with E-state index in [0.717, 1.165) is 26.6 Å². The molecule has 0 aliphatic heterocycles. The minimum atomic E-state index is -0.262. The fraction of sp³-hybridized carbons (Fsp3) is 0.188. The number of aryl methyl sites for hydroxylation is 1. The Morgan fingerprint density at radius 3 is 2.81 bits per heavy atom. The average molecular weight is 348 g/mol. The highest BCUT2D eigenvalue weighted by Gasteiger charge is 2.17. The number of nitrogens with two attached hydrogens (primary N) is 1. The Bertz CT molecular complexity index is 797. The lowest BCUT2D eigenvalue weighted by Gasteiger charge is -2.11. The molecule has 5 heteroatoms. The molecule has 1 atom stereocenters. The molecular weight excluding hydrogens is 333 g/mol. The summed E-state index contributed by atoms with van der Waals surface area (Å²) in [5.41, 5.74) is 9.22. The van der Waals surface area contributed by atoms with Crippen LogP contribution in [0.15, 0.2) is 46.9 Å². The molecule has 0 saturated heterocycles. The minimum Gasteiger partial charge on any atom is -0.322 e. The van der Waals surface area contributed by atoms with E-state index in [0.29, 0.717) is 6.42 Å². The molecule has 0 aliphatic carbocycles. The number of fused-ring (bicyclic) bond motifs is 1. The highest BCUT2D eigenvalue weighted by Crippen LogP contribution is 2.27. The zero-order chi connectivity index (χ0) is 15.0. The van der Waals surface area contributed by atoms with Crippen LogP contribution in [0.25, 0.3) is 10.9 Å². The van der Waals surface area contributed by atoms with Gasteiger partial charge in [-0.05, 0) is 30.2 Å². The number of rotatable bonds is 3. The number of benzene rings is 2. The molecule has 1 aromatic heterocycles. The molecule has 0 saturated carbocycles. The normalized spacial score (nSPS) is 12.8. The molecule has 3 aromatic rings. The van der Waals surface area contributed by atoms with Crippen molar-refractivity contribution in [3.05, 3.63) is 64.0 Å². The first-order chi connectivity index (χ1) is 10.1. The van der Waals surface area contributed by atoms with Gasteiger partial charge in [0.2, 0.25) is 0 Å². The summed E-state index contributed by atoms with van der Waals surface area (Å²) in [5, 5.41) is 5.60. The fourth-order valence-electron chi connectivity index (χ4n) is 2.54. The van der Waals surface area contributed by atoms with Crippen molar-refractivity contribution in [3.63, 3.8) is 0 Å². The Morgan fingerprint density at radius 2 is 2.05 bits per heavy atom. The smallest absolute Gasteiger partial charge is 0.124 e. The zero-order valence-corrected chi connectivity index (χ0v) is 13.1. The number of para-hydroxylation sites is 1. The Labute approximate surface area is 130 Å². The monoisotopic (exact) mass is 347 g/mol. The van der Waals surface area contributed by atoms with Gasteiger partial charge in [-0.1, -0.05) is 40.2 Å². The number of nitrogens with zero attached hydrogens (tertiary/aromatic N) is 2. The summed E-state index contributed by atoms with van der Waals surface area (Å²) in [5.74, 6) is -0.262. The first-order valence-electron chi connectivity index (χ1n) is 6.67. The number of hydrogen-bond donors (Lipinski definition) is 1. The van der Waals surface area contributed by atoms with Crippen LogP contribution in [0.4, 0.5) is 4.39 Å². The average Bonchev–Trinajstić information content (AvgIpc) is 2.80. The quantitative estimate of drug-likeness (QED) is 0.784. The van der Waals surface area contributed by atoms with Crippen molar-refractivity contribution in [1.29, 1.82) is 0 Å². The first kappa shape index (κ1) is 14.2. The molecule has 108 valence electrons. The molecule has 1 unspecified atom stereocenters. The van der Waals surface area contributed by atoms with Gasteiger partial charge in [0.05, 0.1) is 17.3 Å². The van der Waals surface area contributed by atoms with Crippen LogP contribution in [0.2, 0.25) is 0 Å². The van der Waals surface area contributed by atoms with Crippen molar-refractivity contribution >= 4 is 26.8 Å².